The number of amides is 4. The maximum absolute atomic E-state index is 13.0. The first-order valence-electron chi connectivity index (χ1n) is 15.2. The number of benzene rings is 3. The third kappa shape index (κ3) is 8.09. The van der Waals surface area contributed by atoms with Crippen molar-refractivity contribution >= 4 is 35.0 Å². The summed E-state index contributed by atoms with van der Waals surface area (Å²) in [6.07, 6.45) is 5.97. The Morgan fingerprint density at radius 2 is 1.37 bits per heavy atom. The number of carbonyl (C=O) groups is 4. The molecule has 5 rings (SSSR count). The summed E-state index contributed by atoms with van der Waals surface area (Å²) in [7, 11) is 1.77. The molecule has 3 aromatic carbocycles. The predicted octanol–water partition coefficient (Wildman–Crippen LogP) is 5.51. The molecule has 2 aliphatic rings. The minimum Gasteiger partial charge on any atom is -0.342 e. The van der Waals surface area contributed by atoms with Gasteiger partial charge in [0.1, 0.15) is 0 Å². The second kappa shape index (κ2) is 14.1. The van der Waals surface area contributed by atoms with E-state index in [1.807, 2.05) is 47.4 Å². The molecule has 1 saturated carbocycles. The van der Waals surface area contributed by atoms with E-state index in [4.69, 9.17) is 0 Å². The topological polar surface area (TPSA) is 98.8 Å². The lowest BCUT2D eigenvalue weighted by Crippen LogP contribution is -2.45. The number of anilines is 2. The summed E-state index contributed by atoms with van der Waals surface area (Å²) in [5.74, 6) is -0.197. The van der Waals surface area contributed by atoms with Crippen molar-refractivity contribution < 1.29 is 19.2 Å². The molecule has 2 fully saturated rings. The number of hydrogen-bond acceptors (Lipinski definition) is 4. The Kier molecular flexibility index (Phi) is 9.87. The van der Waals surface area contributed by atoms with E-state index >= 15 is 0 Å². The van der Waals surface area contributed by atoms with Gasteiger partial charge in [0.2, 0.25) is 17.7 Å². The zero-order valence-electron chi connectivity index (χ0n) is 24.8. The maximum atomic E-state index is 13.0. The van der Waals surface area contributed by atoms with Crippen LogP contribution in [0.1, 0.15) is 60.0 Å². The summed E-state index contributed by atoms with van der Waals surface area (Å²) in [5, 5.41) is 5.87. The normalized spacial score (nSPS) is 16.9. The summed E-state index contributed by atoms with van der Waals surface area (Å²) in [5.41, 5.74) is 3.71. The van der Waals surface area contributed by atoms with Crippen LogP contribution in [0, 0.1) is 11.8 Å². The number of carbonyl (C=O) groups excluding carboxylic acids is 4. The number of likely N-dealkylation sites (tertiary alicyclic amines) is 1. The van der Waals surface area contributed by atoms with Crippen molar-refractivity contribution in [2.24, 2.45) is 11.8 Å². The second-order valence-electron chi connectivity index (χ2n) is 11.7. The van der Waals surface area contributed by atoms with Crippen molar-refractivity contribution in [3.63, 3.8) is 0 Å². The highest BCUT2D eigenvalue weighted by molar-refractivity contribution is 5.96. The van der Waals surface area contributed by atoms with Crippen LogP contribution < -0.4 is 10.6 Å². The zero-order chi connectivity index (χ0) is 30.2. The molecule has 8 heteroatoms. The van der Waals surface area contributed by atoms with Gasteiger partial charge >= 0.3 is 0 Å². The van der Waals surface area contributed by atoms with E-state index in [0.29, 0.717) is 30.0 Å². The molecule has 1 aliphatic carbocycles. The van der Waals surface area contributed by atoms with Gasteiger partial charge in [-0.05, 0) is 73.2 Å². The Balaban J connectivity index is 1.07. The van der Waals surface area contributed by atoms with Crippen molar-refractivity contribution in [3.05, 3.63) is 95.6 Å². The first-order chi connectivity index (χ1) is 20.9. The standard InChI is InChI=1S/C35H40N4O4/c1-38(23-26-8-3-2-4-9-26)34(42)28-15-19-30(20-16-28)36-32(40)22-25-13-17-31(18-14-25)37-33(41)29-12-7-21-39(24-29)35(43)27-10-5-6-11-27/h2-4,8-9,13-20,27,29H,5-7,10-12,21-24H2,1H3,(H,36,40)(H,37,41). The monoisotopic (exact) mass is 580 g/mol. The van der Waals surface area contributed by atoms with Gasteiger partial charge in [0.05, 0.1) is 12.3 Å². The van der Waals surface area contributed by atoms with Crippen molar-refractivity contribution in [1.82, 2.24) is 9.80 Å². The summed E-state index contributed by atoms with van der Waals surface area (Å²) < 4.78 is 0. The molecule has 1 atom stereocenters. The molecule has 1 aliphatic heterocycles. The Hall–Kier alpha value is -4.46. The smallest absolute Gasteiger partial charge is 0.253 e. The number of nitrogens with one attached hydrogen (secondary N) is 2. The first-order valence-corrected chi connectivity index (χ1v) is 15.2. The number of nitrogens with zero attached hydrogens (tertiary/aromatic N) is 2. The van der Waals surface area contributed by atoms with E-state index in [2.05, 4.69) is 10.6 Å². The van der Waals surface area contributed by atoms with Crippen LogP contribution in [0.2, 0.25) is 0 Å². The lowest BCUT2D eigenvalue weighted by Gasteiger charge is -2.33. The summed E-state index contributed by atoms with van der Waals surface area (Å²) in [6, 6.07) is 24.0. The Labute approximate surface area is 253 Å². The van der Waals surface area contributed by atoms with Crippen LogP contribution in [0.5, 0.6) is 0 Å². The third-order valence-corrected chi connectivity index (χ3v) is 8.42. The average Bonchev–Trinajstić information content (AvgIpc) is 3.57. The van der Waals surface area contributed by atoms with Crippen molar-refractivity contribution in [2.75, 3.05) is 30.8 Å². The van der Waals surface area contributed by atoms with Gasteiger partial charge in [-0.2, -0.15) is 0 Å². The van der Waals surface area contributed by atoms with Crippen LogP contribution in [-0.2, 0) is 27.3 Å². The molecule has 2 N–H and O–H groups in total. The summed E-state index contributed by atoms with van der Waals surface area (Å²) in [6.45, 7) is 1.74. The summed E-state index contributed by atoms with van der Waals surface area (Å²) >= 11 is 0. The molecule has 1 heterocycles. The SMILES string of the molecule is CN(Cc1ccccc1)C(=O)c1ccc(NC(=O)Cc2ccc(NC(=O)C3CCCN(C(=O)C4CCCC4)C3)cc2)cc1. The Morgan fingerprint density at radius 3 is 2.07 bits per heavy atom. The fourth-order valence-electron chi connectivity index (χ4n) is 6.01. The van der Waals surface area contributed by atoms with Crippen molar-refractivity contribution in [1.29, 1.82) is 0 Å². The molecule has 1 unspecified atom stereocenters. The molecule has 4 amide bonds. The number of hydrogen-bond donors (Lipinski definition) is 2. The van der Waals surface area contributed by atoms with Crippen LogP contribution in [-0.4, -0.2) is 53.6 Å². The molecular weight excluding hydrogens is 540 g/mol. The van der Waals surface area contributed by atoms with Gasteiger partial charge in [-0.1, -0.05) is 55.3 Å². The van der Waals surface area contributed by atoms with Crippen LogP contribution in [0.25, 0.3) is 0 Å². The van der Waals surface area contributed by atoms with E-state index in [-0.39, 0.29) is 41.9 Å². The number of piperidine rings is 1. The van der Waals surface area contributed by atoms with Crippen LogP contribution >= 0.6 is 0 Å². The summed E-state index contributed by atoms with van der Waals surface area (Å²) in [4.78, 5) is 54.8. The van der Waals surface area contributed by atoms with E-state index in [1.54, 1.807) is 48.3 Å². The number of rotatable bonds is 9. The van der Waals surface area contributed by atoms with E-state index in [1.165, 1.54) is 0 Å². The van der Waals surface area contributed by atoms with Crippen LogP contribution in [0.4, 0.5) is 11.4 Å². The highest BCUT2D eigenvalue weighted by Crippen LogP contribution is 2.29. The van der Waals surface area contributed by atoms with Crippen molar-refractivity contribution in [3.8, 4) is 0 Å². The lowest BCUT2D eigenvalue weighted by molar-refractivity contribution is -0.138. The predicted molar refractivity (Wildman–Crippen MR) is 167 cm³/mol. The largest absolute Gasteiger partial charge is 0.342 e. The highest BCUT2D eigenvalue weighted by atomic mass is 16.2. The van der Waals surface area contributed by atoms with Gasteiger partial charge in [0.25, 0.3) is 5.91 Å². The van der Waals surface area contributed by atoms with E-state index in [9.17, 15) is 19.2 Å². The van der Waals surface area contributed by atoms with Crippen molar-refractivity contribution in [2.45, 2.75) is 51.5 Å². The minimum absolute atomic E-state index is 0.0670. The third-order valence-electron chi connectivity index (χ3n) is 8.42. The van der Waals surface area contributed by atoms with Gasteiger partial charge in [0, 0.05) is 49.5 Å². The molecule has 0 spiro atoms. The first kappa shape index (κ1) is 30.0. The van der Waals surface area contributed by atoms with Gasteiger partial charge in [0.15, 0.2) is 0 Å². The average molecular weight is 581 g/mol. The Bertz CT molecular complexity index is 1420. The van der Waals surface area contributed by atoms with E-state index in [0.717, 1.165) is 56.2 Å². The molecule has 43 heavy (non-hydrogen) atoms. The molecule has 0 radical (unpaired) electrons. The fourth-order valence-corrected chi connectivity index (χ4v) is 6.01. The van der Waals surface area contributed by atoms with E-state index < -0.39 is 0 Å². The molecular formula is C35H40N4O4. The van der Waals surface area contributed by atoms with Gasteiger partial charge in [-0.15, -0.1) is 0 Å². The second-order valence-corrected chi connectivity index (χ2v) is 11.7. The minimum atomic E-state index is -0.212. The van der Waals surface area contributed by atoms with Gasteiger partial charge in [-0.3, -0.25) is 19.2 Å². The van der Waals surface area contributed by atoms with Crippen LogP contribution in [0.15, 0.2) is 78.9 Å². The molecule has 1 saturated heterocycles. The van der Waals surface area contributed by atoms with Gasteiger partial charge in [-0.25, -0.2) is 0 Å². The molecule has 0 aromatic heterocycles. The highest BCUT2D eigenvalue weighted by Gasteiger charge is 2.33. The Morgan fingerprint density at radius 1 is 0.744 bits per heavy atom. The molecule has 0 bridgehead atoms. The lowest BCUT2D eigenvalue weighted by atomic mass is 9.95. The quantitative estimate of drug-likeness (QED) is 0.349. The van der Waals surface area contributed by atoms with Gasteiger partial charge < -0.3 is 20.4 Å². The molecule has 224 valence electrons. The molecule has 3 aromatic rings. The fraction of sp³-hybridized carbons (Fsp3) is 0.371. The maximum Gasteiger partial charge on any atom is 0.253 e. The molecule has 8 nitrogen and oxygen atoms in total. The zero-order valence-corrected chi connectivity index (χ0v) is 24.8. The van der Waals surface area contributed by atoms with Crippen LogP contribution in [0.3, 0.4) is 0 Å².